The van der Waals surface area contributed by atoms with Gasteiger partial charge >= 0.3 is 0 Å². The van der Waals surface area contributed by atoms with E-state index in [1.54, 1.807) is 30.3 Å². The summed E-state index contributed by atoms with van der Waals surface area (Å²) in [5.74, 6) is -0.326. The van der Waals surface area contributed by atoms with Crippen molar-refractivity contribution in [3.63, 3.8) is 0 Å². The maximum atomic E-state index is 12.0. The molecule has 2 aromatic rings. The third kappa shape index (κ3) is 2.65. The van der Waals surface area contributed by atoms with Crippen LogP contribution in [0, 0.1) is 0 Å². The maximum absolute atomic E-state index is 12.0. The fourth-order valence-electron chi connectivity index (χ4n) is 1.88. The zero-order valence-electron chi connectivity index (χ0n) is 10.7. The monoisotopic (exact) mass is 305 g/mol. The van der Waals surface area contributed by atoms with E-state index in [1.807, 2.05) is 0 Å². The van der Waals surface area contributed by atoms with Crippen LogP contribution < -0.4 is 10.6 Å². The van der Waals surface area contributed by atoms with Crippen molar-refractivity contribution in [1.29, 1.82) is 0 Å². The highest BCUT2D eigenvalue weighted by molar-refractivity contribution is 7.90. The average Bonchev–Trinajstić information content (AvgIpc) is 2.97. The van der Waals surface area contributed by atoms with Crippen molar-refractivity contribution >= 4 is 27.5 Å². The molecule has 0 bridgehead atoms. The highest BCUT2D eigenvalue weighted by Gasteiger charge is 2.27. The van der Waals surface area contributed by atoms with Gasteiger partial charge in [0.2, 0.25) is 5.84 Å². The van der Waals surface area contributed by atoms with Crippen molar-refractivity contribution in [3.05, 3.63) is 48.4 Å². The van der Waals surface area contributed by atoms with Crippen LogP contribution in [0.4, 0.5) is 5.69 Å². The summed E-state index contributed by atoms with van der Waals surface area (Å²) < 4.78 is 32.6. The van der Waals surface area contributed by atoms with Gasteiger partial charge in [-0.15, -0.1) is 4.40 Å². The second-order valence-corrected chi connectivity index (χ2v) is 5.87. The Bertz CT molecular complexity index is 810. The number of nitrogens with one attached hydrogen (secondary N) is 2. The summed E-state index contributed by atoms with van der Waals surface area (Å²) in [5.41, 5.74) is 0.329. The maximum Gasteiger partial charge on any atom is 0.288 e. The molecule has 0 unspecified atom stereocenters. The smallest absolute Gasteiger partial charge is 0.288 e. The molecular weight excluding hydrogens is 294 g/mol. The van der Waals surface area contributed by atoms with E-state index < -0.39 is 15.9 Å². The minimum absolute atomic E-state index is 0.0487. The van der Waals surface area contributed by atoms with Crippen molar-refractivity contribution in [2.24, 2.45) is 4.40 Å². The molecular formula is C13H11N3O4S. The molecule has 1 amide bonds. The number of sulfonamides is 1. The Morgan fingerprint density at radius 3 is 2.81 bits per heavy atom. The molecule has 7 nitrogen and oxygen atoms in total. The number of amidine groups is 1. The van der Waals surface area contributed by atoms with Crippen LogP contribution in [0.25, 0.3) is 0 Å². The summed E-state index contributed by atoms with van der Waals surface area (Å²) in [6.45, 7) is 0.147. The molecule has 0 saturated carbocycles. The van der Waals surface area contributed by atoms with Crippen molar-refractivity contribution in [3.8, 4) is 0 Å². The number of rotatable bonds is 3. The Balaban J connectivity index is 1.81. The Kier molecular flexibility index (Phi) is 3.22. The molecule has 2 heterocycles. The molecule has 3 rings (SSSR count). The van der Waals surface area contributed by atoms with Crippen LogP contribution in [0.5, 0.6) is 0 Å². The lowest BCUT2D eigenvalue weighted by Crippen LogP contribution is -2.37. The average molecular weight is 305 g/mol. The normalized spacial score (nSPS) is 15.5. The summed E-state index contributed by atoms with van der Waals surface area (Å²) in [6, 6.07) is 9.65. The number of carbonyl (C=O) groups excluding carboxylic acids is 1. The number of para-hydroxylation sites is 1. The van der Waals surface area contributed by atoms with E-state index in [2.05, 4.69) is 15.0 Å². The Labute approximate surface area is 120 Å². The highest BCUT2D eigenvalue weighted by Crippen LogP contribution is 2.26. The van der Waals surface area contributed by atoms with Gasteiger partial charge in [0.05, 0.1) is 18.5 Å². The molecule has 2 N–H and O–H groups in total. The van der Waals surface area contributed by atoms with Gasteiger partial charge in [-0.3, -0.25) is 4.79 Å². The van der Waals surface area contributed by atoms with Crippen molar-refractivity contribution in [2.75, 3.05) is 5.32 Å². The molecule has 0 aliphatic carbocycles. The third-order valence-corrected chi connectivity index (χ3v) is 4.18. The lowest BCUT2D eigenvalue weighted by molar-refractivity contribution is -0.115. The topological polar surface area (TPSA) is 101 Å². The molecule has 0 atom stereocenters. The number of hydrogen-bond donors (Lipinski definition) is 2. The third-order valence-electron chi connectivity index (χ3n) is 2.85. The van der Waals surface area contributed by atoms with E-state index in [9.17, 15) is 13.2 Å². The molecule has 0 spiro atoms. The van der Waals surface area contributed by atoms with E-state index in [0.29, 0.717) is 11.4 Å². The van der Waals surface area contributed by atoms with Gasteiger partial charge in [-0.25, -0.2) is 0 Å². The van der Waals surface area contributed by atoms with Crippen LogP contribution in [0.3, 0.4) is 0 Å². The first-order chi connectivity index (χ1) is 10.1. The predicted molar refractivity (Wildman–Crippen MR) is 75.2 cm³/mol. The van der Waals surface area contributed by atoms with E-state index in [0.717, 1.165) is 0 Å². The zero-order chi connectivity index (χ0) is 14.9. The van der Waals surface area contributed by atoms with Gasteiger partial charge in [0.25, 0.3) is 15.9 Å². The second kappa shape index (κ2) is 5.06. The van der Waals surface area contributed by atoms with Gasteiger partial charge in [-0.05, 0) is 24.3 Å². The van der Waals surface area contributed by atoms with Gasteiger partial charge in [-0.2, -0.15) is 8.42 Å². The quantitative estimate of drug-likeness (QED) is 0.884. The SMILES string of the molecule is O=C(NCc1ccco1)C1=NS(=O)(=O)c2ccccc2N1. The van der Waals surface area contributed by atoms with Crippen LogP contribution in [0.2, 0.25) is 0 Å². The fourth-order valence-corrected chi connectivity index (χ4v) is 2.99. The molecule has 0 fully saturated rings. The minimum atomic E-state index is -3.87. The van der Waals surface area contributed by atoms with Gasteiger partial charge < -0.3 is 15.1 Å². The molecule has 1 aliphatic rings. The number of amides is 1. The Morgan fingerprint density at radius 2 is 2.05 bits per heavy atom. The highest BCUT2D eigenvalue weighted by atomic mass is 32.2. The van der Waals surface area contributed by atoms with Crippen molar-refractivity contribution in [2.45, 2.75) is 11.4 Å². The molecule has 8 heteroatoms. The summed E-state index contributed by atoms with van der Waals surface area (Å²) in [7, 11) is -3.87. The van der Waals surface area contributed by atoms with Crippen LogP contribution in [-0.4, -0.2) is 20.2 Å². The van der Waals surface area contributed by atoms with E-state index in [4.69, 9.17) is 4.42 Å². The standard InChI is InChI=1S/C13H11N3O4S/c17-13(14-8-9-4-3-7-20-9)12-15-10-5-1-2-6-11(10)21(18,19)16-12/h1-7H,8H2,(H,14,17)(H,15,16). The van der Waals surface area contributed by atoms with Crippen LogP contribution in [0.15, 0.2) is 56.4 Å². The minimum Gasteiger partial charge on any atom is -0.467 e. The van der Waals surface area contributed by atoms with Gasteiger partial charge in [-0.1, -0.05) is 12.1 Å². The first-order valence-electron chi connectivity index (χ1n) is 6.08. The number of benzene rings is 1. The summed E-state index contributed by atoms with van der Waals surface area (Å²) in [5, 5.41) is 5.24. The Hall–Kier alpha value is -2.61. The molecule has 1 aromatic heterocycles. The number of nitrogens with zero attached hydrogens (tertiary/aromatic N) is 1. The number of fused-ring (bicyclic) bond motifs is 1. The number of carbonyl (C=O) groups is 1. The largest absolute Gasteiger partial charge is 0.467 e. The molecule has 108 valence electrons. The number of furan rings is 1. The van der Waals surface area contributed by atoms with E-state index in [-0.39, 0.29) is 17.3 Å². The molecule has 1 aromatic carbocycles. The zero-order valence-corrected chi connectivity index (χ0v) is 11.6. The van der Waals surface area contributed by atoms with Gasteiger partial charge in [0, 0.05) is 0 Å². The van der Waals surface area contributed by atoms with Crippen LogP contribution in [-0.2, 0) is 21.4 Å². The van der Waals surface area contributed by atoms with Crippen LogP contribution >= 0.6 is 0 Å². The van der Waals surface area contributed by atoms with Gasteiger partial charge in [0.15, 0.2) is 0 Å². The summed E-state index contributed by atoms with van der Waals surface area (Å²) in [6.07, 6.45) is 1.48. The molecule has 0 radical (unpaired) electrons. The Morgan fingerprint density at radius 1 is 1.24 bits per heavy atom. The number of hydrogen-bond acceptors (Lipinski definition) is 5. The molecule has 0 saturated heterocycles. The summed E-state index contributed by atoms with van der Waals surface area (Å²) >= 11 is 0. The van der Waals surface area contributed by atoms with E-state index >= 15 is 0 Å². The first-order valence-corrected chi connectivity index (χ1v) is 7.52. The number of anilines is 1. The first kappa shape index (κ1) is 13.4. The molecule has 1 aliphatic heterocycles. The van der Waals surface area contributed by atoms with Crippen molar-refractivity contribution in [1.82, 2.24) is 5.32 Å². The van der Waals surface area contributed by atoms with Gasteiger partial charge in [0.1, 0.15) is 10.7 Å². The lowest BCUT2D eigenvalue weighted by atomic mass is 10.3. The predicted octanol–water partition coefficient (Wildman–Crippen LogP) is 1.11. The summed E-state index contributed by atoms with van der Waals surface area (Å²) in [4.78, 5) is 12.0. The second-order valence-electron chi connectivity index (χ2n) is 4.30. The lowest BCUT2D eigenvalue weighted by Gasteiger charge is -2.17. The van der Waals surface area contributed by atoms with E-state index in [1.165, 1.54) is 12.3 Å². The fraction of sp³-hybridized carbons (Fsp3) is 0.0769. The molecule has 21 heavy (non-hydrogen) atoms. The van der Waals surface area contributed by atoms with Crippen LogP contribution in [0.1, 0.15) is 5.76 Å². The van der Waals surface area contributed by atoms with Crippen molar-refractivity contribution < 1.29 is 17.6 Å².